The summed E-state index contributed by atoms with van der Waals surface area (Å²) >= 11 is 1.63. The third-order valence-electron chi connectivity index (χ3n) is 3.27. The lowest BCUT2D eigenvalue weighted by Gasteiger charge is -2.07. The van der Waals surface area contributed by atoms with Crippen molar-refractivity contribution >= 4 is 11.3 Å². The van der Waals surface area contributed by atoms with Gasteiger partial charge in [0.25, 0.3) is 0 Å². The Hall–Kier alpha value is -2.05. The fourth-order valence-corrected chi connectivity index (χ4v) is 2.89. The van der Waals surface area contributed by atoms with Gasteiger partial charge in [-0.25, -0.2) is 9.07 Å². The number of aliphatic hydroxyl groups is 1. The molecule has 3 aromatic rings. The molecule has 0 aliphatic heterocycles. The van der Waals surface area contributed by atoms with Crippen molar-refractivity contribution < 1.29 is 9.50 Å². The van der Waals surface area contributed by atoms with E-state index < -0.39 is 0 Å². The topological polar surface area (TPSA) is 50.9 Å². The lowest BCUT2D eigenvalue weighted by molar-refractivity contribution is 0.275. The molecule has 0 radical (unpaired) electrons. The third kappa shape index (κ3) is 3.01. The standard InChI is InChI=1S/C15H14FN3OS/c16-13-6-2-1-4-11(13)9-19-15(14(10-20)17-18-19)8-12-5-3-7-21-12/h1-7,20H,8-10H2. The van der Waals surface area contributed by atoms with Crippen molar-refractivity contribution in [3.63, 3.8) is 0 Å². The summed E-state index contributed by atoms with van der Waals surface area (Å²) in [7, 11) is 0. The number of benzene rings is 1. The minimum Gasteiger partial charge on any atom is -0.390 e. The number of hydrogen-bond acceptors (Lipinski definition) is 4. The number of hydrogen-bond donors (Lipinski definition) is 1. The van der Waals surface area contributed by atoms with Gasteiger partial charge in [-0.1, -0.05) is 29.5 Å². The predicted molar refractivity (Wildman–Crippen MR) is 78.6 cm³/mol. The molecule has 0 saturated carbocycles. The van der Waals surface area contributed by atoms with Crippen LogP contribution in [-0.4, -0.2) is 20.1 Å². The molecule has 108 valence electrons. The van der Waals surface area contributed by atoms with E-state index >= 15 is 0 Å². The van der Waals surface area contributed by atoms with E-state index in [2.05, 4.69) is 10.3 Å². The van der Waals surface area contributed by atoms with Crippen LogP contribution in [0.2, 0.25) is 0 Å². The average Bonchev–Trinajstić information content (AvgIpc) is 3.13. The summed E-state index contributed by atoms with van der Waals surface area (Å²) in [5, 5.41) is 19.4. The first-order valence-electron chi connectivity index (χ1n) is 6.56. The maximum Gasteiger partial charge on any atom is 0.128 e. The Morgan fingerprint density at radius 3 is 2.76 bits per heavy atom. The predicted octanol–water partition coefficient (Wildman–Crippen LogP) is 2.61. The molecule has 1 N–H and O–H groups in total. The zero-order chi connectivity index (χ0) is 14.7. The average molecular weight is 303 g/mol. The lowest BCUT2D eigenvalue weighted by Crippen LogP contribution is -2.09. The van der Waals surface area contributed by atoms with Crippen LogP contribution in [0.15, 0.2) is 41.8 Å². The highest BCUT2D eigenvalue weighted by Crippen LogP contribution is 2.18. The number of halogens is 1. The summed E-state index contributed by atoms with van der Waals surface area (Å²) in [6.45, 7) is 0.137. The molecule has 0 saturated heterocycles. The van der Waals surface area contributed by atoms with Gasteiger partial charge in [0.2, 0.25) is 0 Å². The highest BCUT2D eigenvalue weighted by Gasteiger charge is 2.14. The number of rotatable bonds is 5. The number of aliphatic hydroxyl groups excluding tert-OH is 1. The Morgan fingerprint density at radius 2 is 2.05 bits per heavy atom. The van der Waals surface area contributed by atoms with Crippen molar-refractivity contribution in [3.05, 3.63) is 69.4 Å². The van der Waals surface area contributed by atoms with E-state index in [9.17, 15) is 9.50 Å². The molecule has 0 unspecified atom stereocenters. The molecule has 2 heterocycles. The maximum absolute atomic E-state index is 13.8. The van der Waals surface area contributed by atoms with Gasteiger partial charge in [-0.2, -0.15) is 0 Å². The van der Waals surface area contributed by atoms with E-state index in [1.165, 1.54) is 6.07 Å². The Labute approximate surface area is 125 Å². The number of thiophene rings is 1. The minimum atomic E-state index is -0.263. The van der Waals surface area contributed by atoms with Crippen molar-refractivity contribution in [3.8, 4) is 0 Å². The Balaban J connectivity index is 1.92. The summed E-state index contributed by atoms with van der Waals surface area (Å²) in [5.41, 5.74) is 1.92. The maximum atomic E-state index is 13.8. The van der Waals surface area contributed by atoms with Crippen LogP contribution in [-0.2, 0) is 19.6 Å². The number of nitrogens with zero attached hydrogens (tertiary/aromatic N) is 3. The molecule has 0 aliphatic carbocycles. The SMILES string of the molecule is OCc1nnn(Cc2ccccc2F)c1Cc1cccs1. The third-order valence-corrected chi connectivity index (χ3v) is 4.14. The van der Waals surface area contributed by atoms with Gasteiger partial charge in [0.15, 0.2) is 0 Å². The Bertz CT molecular complexity index is 724. The van der Waals surface area contributed by atoms with Gasteiger partial charge >= 0.3 is 0 Å². The normalized spacial score (nSPS) is 11.0. The van der Waals surface area contributed by atoms with Gasteiger partial charge in [-0.15, -0.1) is 16.4 Å². The molecule has 0 atom stereocenters. The van der Waals surface area contributed by atoms with Gasteiger partial charge in [-0.3, -0.25) is 0 Å². The first-order chi connectivity index (χ1) is 10.3. The summed E-state index contributed by atoms with van der Waals surface area (Å²) in [6.07, 6.45) is 0.634. The van der Waals surface area contributed by atoms with Crippen molar-refractivity contribution in [1.82, 2.24) is 15.0 Å². The molecule has 0 fully saturated rings. The van der Waals surface area contributed by atoms with Gasteiger partial charge in [0.1, 0.15) is 11.5 Å². The van der Waals surface area contributed by atoms with Gasteiger partial charge < -0.3 is 5.11 Å². The van der Waals surface area contributed by atoms with Crippen molar-refractivity contribution in [2.75, 3.05) is 0 Å². The van der Waals surface area contributed by atoms with E-state index in [4.69, 9.17) is 0 Å². The molecule has 0 bridgehead atoms. The van der Waals surface area contributed by atoms with Crippen LogP contribution in [0.5, 0.6) is 0 Å². The van der Waals surface area contributed by atoms with Crippen LogP contribution < -0.4 is 0 Å². The smallest absolute Gasteiger partial charge is 0.128 e. The molecule has 6 heteroatoms. The van der Waals surface area contributed by atoms with Crippen LogP contribution in [0.25, 0.3) is 0 Å². The lowest BCUT2D eigenvalue weighted by atomic mass is 10.2. The van der Waals surface area contributed by atoms with Gasteiger partial charge in [-0.05, 0) is 17.5 Å². The summed E-state index contributed by atoms with van der Waals surface area (Å²) in [6, 6.07) is 10.6. The quantitative estimate of drug-likeness (QED) is 0.788. The second-order valence-electron chi connectivity index (χ2n) is 4.65. The second kappa shape index (κ2) is 6.15. The molecular formula is C15H14FN3OS. The first-order valence-corrected chi connectivity index (χ1v) is 7.44. The summed E-state index contributed by atoms with van der Waals surface area (Å²) in [4.78, 5) is 1.15. The van der Waals surface area contributed by atoms with Crippen LogP contribution in [0.4, 0.5) is 4.39 Å². The minimum absolute atomic E-state index is 0.169. The summed E-state index contributed by atoms with van der Waals surface area (Å²) < 4.78 is 15.4. The first kappa shape index (κ1) is 13.9. The van der Waals surface area contributed by atoms with Crippen LogP contribution in [0, 0.1) is 5.82 Å². The molecule has 3 rings (SSSR count). The molecule has 0 aliphatic rings. The fourth-order valence-electron chi connectivity index (χ4n) is 2.18. The monoisotopic (exact) mass is 303 g/mol. The molecule has 4 nitrogen and oxygen atoms in total. The van der Waals surface area contributed by atoms with Gasteiger partial charge in [0, 0.05) is 16.9 Å². The molecule has 1 aromatic carbocycles. The molecule has 2 aromatic heterocycles. The van der Waals surface area contributed by atoms with Crippen LogP contribution >= 0.6 is 11.3 Å². The van der Waals surface area contributed by atoms with E-state index in [0.717, 1.165) is 10.6 Å². The van der Waals surface area contributed by atoms with Crippen LogP contribution in [0.3, 0.4) is 0 Å². The van der Waals surface area contributed by atoms with E-state index in [1.807, 2.05) is 17.5 Å². The van der Waals surface area contributed by atoms with Crippen molar-refractivity contribution in [2.24, 2.45) is 0 Å². The molecule has 0 spiro atoms. The largest absolute Gasteiger partial charge is 0.390 e. The number of aromatic nitrogens is 3. The Kier molecular flexibility index (Phi) is 4.08. The molecular weight excluding hydrogens is 289 g/mol. The molecule has 21 heavy (non-hydrogen) atoms. The van der Waals surface area contributed by atoms with Crippen molar-refractivity contribution in [2.45, 2.75) is 19.6 Å². The van der Waals surface area contributed by atoms with E-state index in [1.54, 1.807) is 34.2 Å². The van der Waals surface area contributed by atoms with E-state index in [-0.39, 0.29) is 12.4 Å². The van der Waals surface area contributed by atoms with Crippen molar-refractivity contribution in [1.29, 1.82) is 0 Å². The van der Waals surface area contributed by atoms with Gasteiger partial charge in [0.05, 0.1) is 18.8 Å². The fraction of sp³-hybridized carbons (Fsp3) is 0.200. The highest BCUT2D eigenvalue weighted by molar-refractivity contribution is 7.09. The Morgan fingerprint density at radius 1 is 1.19 bits per heavy atom. The zero-order valence-corrected chi connectivity index (χ0v) is 12.1. The summed E-state index contributed by atoms with van der Waals surface area (Å²) in [5.74, 6) is -0.263. The van der Waals surface area contributed by atoms with E-state index in [0.29, 0.717) is 24.2 Å². The molecule has 0 amide bonds. The highest BCUT2D eigenvalue weighted by atomic mass is 32.1. The van der Waals surface area contributed by atoms with Crippen LogP contribution in [0.1, 0.15) is 21.8 Å². The second-order valence-corrected chi connectivity index (χ2v) is 5.68. The zero-order valence-electron chi connectivity index (χ0n) is 11.2.